The van der Waals surface area contributed by atoms with Crippen molar-refractivity contribution in [1.29, 1.82) is 0 Å². The van der Waals surface area contributed by atoms with E-state index in [1.165, 1.54) is 21.9 Å². The summed E-state index contributed by atoms with van der Waals surface area (Å²) in [7, 11) is 0. The molecule has 0 saturated carbocycles. The molecule has 4 rings (SSSR count). The van der Waals surface area contributed by atoms with Crippen LogP contribution < -0.4 is 15.6 Å². The molecule has 0 atom stereocenters. The Morgan fingerprint density at radius 2 is 2.03 bits per heavy atom. The van der Waals surface area contributed by atoms with Gasteiger partial charge >= 0.3 is 0 Å². The van der Waals surface area contributed by atoms with Gasteiger partial charge in [-0.2, -0.15) is 9.50 Å². The highest BCUT2D eigenvalue weighted by atomic mass is 32.1. The summed E-state index contributed by atoms with van der Waals surface area (Å²) in [6, 6.07) is 12.4. The van der Waals surface area contributed by atoms with Crippen LogP contribution in [0.25, 0.3) is 16.5 Å². The number of aromatic nitrogens is 4. The Morgan fingerprint density at radius 3 is 2.72 bits per heavy atom. The predicted octanol–water partition coefficient (Wildman–Crippen LogP) is 2.97. The molecule has 1 aromatic carbocycles. The Bertz CT molecular complexity index is 1210. The van der Waals surface area contributed by atoms with Gasteiger partial charge in [0, 0.05) is 17.4 Å². The second kappa shape index (κ2) is 7.88. The number of hydrogen-bond acceptors (Lipinski definition) is 6. The van der Waals surface area contributed by atoms with Crippen molar-refractivity contribution in [2.24, 2.45) is 0 Å². The molecule has 0 spiro atoms. The van der Waals surface area contributed by atoms with Gasteiger partial charge in [-0.05, 0) is 49.6 Å². The van der Waals surface area contributed by atoms with Crippen molar-refractivity contribution in [1.82, 2.24) is 19.2 Å². The van der Waals surface area contributed by atoms with Gasteiger partial charge in [-0.25, -0.2) is 0 Å². The van der Waals surface area contributed by atoms with Crippen LogP contribution in [0.4, 0.5) is 5.69 Å². The van der Waals surface area contributed by atoms with Crippen LogP contribution in [-0.2, 0) is 11.3 Å². The standard InChI is InChI=1S/C20H19N5O3S/c1-3-28-15-8-6-14(7-9-15)21-17(26)12-24-13(2)11-18(27)25-20(24)22-19(23-25)16-5-4-10-29-16/h4-11H,3,12H2,1-2H3,(H,21,26). The monoisotopic (exact) mass is 409 g/mol. The highest BCUT2D eigenvalue weighted by molar-refractivity contribution is 7.13. The maximum absolute atomic E-state index is 12.6. The lowest BCUT2D eigenvalue weighted by Crippen LogP contribution is -2.25. The second-order valence-electron chi connectivity index (χ2n) is 6.34. The molecule has 0 saturated heterocycles. The van der Waals surface area contributed by atoms with E-state index in [2.05, 4.69) is 15.4 Å². The predicted molar refractivity (Wildman–Crippen MR) is 112 cm³/mol. The van der Waals surface area contributed by atoms with Gasteiger partial charge in [0.25, 0.3) is 5.56 Å². The van der Waals surface area contributed by atoms with Crippen molar-refractivity contribution >= 4 is 28.7 Å². The average Bonchev–Trinajstić information content (AvgIpc) is 3.37. The number of anilines is 1. The number of fused-ring (bicyclic) bond motifs is 1. The summed E-state index contributed by atoms with van der Waals surface area (Å²) in [5, 5.41) is 9.08. The molecule has 0 aliphatic heterocycles. The van der Waals surface area contributed by atoms with Gasteiger partial charge < -0.3 is 14.6 Å². The van der Waals surface area contributed by atoms with Crippen molar-refractivity contribution in [3.8, 4) is 16.5 Å². The van der Waals surface area contributed by atoms with Gasteiger partial charge in [0.15, 0.2) is 5.82 Å². The first-order valence-electron chi connectivity index (χ1n) is 9.09. The molecule has 3 aromatic heterocycles. The summed E-state index contributed by atoms with van der Waals surface area (Å²) < 4.78 is 8.31. The average molecular weight is 409 g/mol. The first-order chi connectivity index (χ1) is 14.0. The molecule has 29 heavy (non-hydrogen) atoms. The molecular weight excluding hydrogens is 390 g/mol. The van der Waals surface area contributed by atoms with E-state index in [0.717, 1.165) is 10.6 Å². The van der Waals surface area contributed by atoms with E-state index in [1.54, 1.807) is 35.8 Å². The van der Waals surface area contributed by atoms with Crippen LogP contribution in [0.1, 0.15) is 12.6 Å². The molecule has 0 bridgehead atoms. The van der Waals surface area contributed by atoms with Gasteiger partial charge in [0.2, 0.25) is 11.7 Å². The van der Waals surface area contributed by atoms with Gasteiger partial charge in [-0.3, -0.25) is 9.59 Å². The zero-order valence-electron chi connectivity index (χ0n) is 16.0. The maximum Gasteiger partial charge on any atom is 0.275 e. The molecule has 4 aromatic rings. The fraction of sp³-hybridized carbons (Fsp3) is 0.200. The number of nitrogens with zero attached hydrogens (tertiary/aromatic N) is 4. The molecule has 0 aliphatic rings. The normalized spacial score (nSPS) is 11.0. The number of rotatable bonds is 6. The van der Waals surface area contributed by atoms with E-state index in [4.69, 9.17) is 4.74 Å². The summed E-state index contributed by atoms with van der Waals surface area (Å²) in [5.41, 5.74) is 1.01. The third kappa shape index (κ3) is 3.90. The molecule has 0 aliphatic carbocycles. The number of carbonyl (C=O) groups excluding carboxylic acids is 1. The topological polar surface area (TPSA) is 90.5 Å². The van der Waals surface area contributed by atoms with E-state index in [1.807, 2.05) is 24.4 Å². The van der Waals surface area contributed by atoms with Crippen molar-refractivity contribution in [2.75, 3.05) is 11.9 Å². The first-order valence-corrected chi connectivity index (χ1v) is 9.97. The lowest BCUT2D eigenvalue weighted by atomic mass is 10.3. The third-order valence-electron chi connectivity index (χ3n) is 4.29. The number of thiophene rings is 1. The largest absolute Gasteiger partial charge is 0.494 e. The Labute approximate surface area is 170 Å². The molecule has 8 nitrogen and oxygen atoms in total. The quantitative estimate of drug-likeness (QED) is 0.529. The lowest BCUT2D eigenvalue weighted by Gasteiger charge is -2.12. The summed E-state index contributed by atoms with van der Waals surface area (Å²) >= 11 is 1.49. The van der Waals surface area contributed by atoms with E-state index in [0.29, 0.717) is 29.6 Å². The summed E-state index contributed by atoms with van der Waals surface area (Å²) in [6.07, 6.45) is 0. The number of benzene rings is 1. The van der Waals surface area contributed by atoms with E-state index < -0.39 is 0 Å². The Morgan fingerprint density at radius 1 is 1.24 bits per heavy atom. The van der Waals surface area contributed by atoms with Gasteiger partial charge in [-0.15, -0.1) is 16.4 Å². The summed E-state index contributed by atoms with van der Waals surface area (Å²) in [6.45, 7) is 4.27. The minimum absolute atomic E-state index is 0.00536. The highest BCUT2D eigenvalue weighted by Crippen LogP contribution is 2.21. The first kappa shape index (κ1) is 18.9. The molecule has 0 fully saturated rings. The van der Waals surface area contributed by atoms with Gasteiger partial charge in [0.1, 0.15) is 12.3 Å². The summed E-state index contributed by atoms with van der Waals surface area (Å²) in [5.74, 6) is 1.31. The number of aryl methyl sites for hydroxylation is 1. The second-order valence-corrected chi connectivity index (χ2v) is 7.29. The highest BCUT2D eigenvalue weighted by Gasteiger charge is 2.16. The van der Waals surface area contributed by atoms with Crippen molar-refractivity contribution in [3.63, 3.8) is 0 Å². The smallest absolute Gasteiger partial charge is 0.275 e. The zero-order valence-corrected chi connectivity index (χ0v) is 16.8. The number of amides is 1. The SMILES string of the molecule is CCOc1ccc(NC(=O)Cn2c(C)cc(=O)n3nc(-c4cccs4)nc23)cc1. The number of nitrogens with one attached hydrogen (secondary N) is 1. The van der Waals surface area contributed by atoms with Crippen molar-refractivity contribution in [3.05, 3.63) is 63.9 Å². The Hall–Kier alpha value is -3.46. The van der Waals surface area contributed by atoms with Crippen molar-refractivity contribution in [2.45, 2.75) is 20.4 Å². The molecule has 1 amide bonds. The van der Waals surface area contributed by atoms with E-state index in [9.17, 15) is 9.59 Å². The van der Waals surface area contributed by atoms with Crippen LogP contribution in [-0.4, -0.2) is 31.7 Å². The molecule has 0 unspecified atom stereocenters. The molecule has 148 valence electrons. The van der Waals surface area contributed by atoms with E-state index in [-0.39, 0.29) is 18.0 Å². The lowest BCUT2D eigenvalue weighted by molar-refractivity contribution is -0.116. The third-order valence-corrected chi connectivity index (χ3v) is 5.16. The molecule has 1 N–H and O–H groups in total. The van der Waals surface area contributed by atoms with Crippen LogP contribution in [0, 0.1) is 6.92 Å². The minimum Gasteiger partial charge on any atom is -0.494 e. The molecule has 9 heteroatoms. The minimum atomic E-state index is -0.282. The summed E-state index contributed by atoms with van der Waals surface area (Å²) in [4.78, 5) is 30.3. The van der Waals surface area contributed by atoms with Gasteiger partial charge in [-0.1, -0.05) is 6.07 Å². The molecule has 3 heterocycles. The fourth-order valence-electron chi connectivity index (χ4n) is 2.95. The molecular formula is C20H19N5O3S. The van der Waals surface area contributed by atoms with Crippen LogP contribution in [0.2, 0.25) is 0 Å². The zero-order chi connectivity index (χ0) is 20.4. The Kier molecular flexibility index (Phi) is 5.13. The van der Waals surface area contributed by atoms with Crippen LogP contribution in [0.15, 0.2) is 52.6 Å². The molecule has 0 radical (unpaired) electrons. The fourth-order valence-corrected chi connectivity index (χ4v) is 3.61. The maximum atomic E-state index is 12.6. The number of carbonyl (C=O) groups is 1. The number of hydrogen-bond donors (Lipinski definition) is 1. The number of ether oxygens (including phenoxy) is 1. The van der Waals surface area contributed by atoms with Crippen LogP contribution in [0.5, 0.6) is 5.75 Å². The van der Waals surface area contributed by atoms with E-state index >= 15 is 0 Å². The van der Waals surface area contributed by atoms with Gasteiger partial charge in [0.05, 0.1) is 11.5 Å². The van der Waals surface area contributed by atoms with Crippen molar-refractivity contribution < 1.29 is 9.53 Å². The van der Waals surface area contributed by atoms with Crippen LogP contribution >= 0.6 is 11.3 Å². The Balaban J connectivity index is 1.61. The van der Waals surface area contributed by atoms with Crippen LogP contribution in [0.3, 0.4) is 0 Å².